The Labute approximate surface area is 142 Å². The lowest BCUT2D eigenvalue weighted by Crippen LogP contribution is -2.46. The maximum Gasteiger partial charge on any atom is 0.220 e. The predicted octanol–water partition coefficient (Wildman–Crippen LogP) is 1.16. The number of amides is 1. The van der Waals surface area contributed by atoms with E-state index in [1.807, 2.05) is 0 Å². The molecule has 0 radical (unpaired) electrons. The largest absolute Gasteiger partial charge is 0.356 e. The Morgan fingerprint density at radius 3 is 2.48 bits per heavy atom. The molecule has 1 atom stereocenters. The number of likely N-dealkylation sites (N-methyl/N-ethyl adjacent to an activating group) is 1. The van der Waals surface area contributed by atoms with Crippen molar-refractivity contribution >= 4 is 5.91 Å². The van der Waals surface area contributed by atoms with E-state index < -0.39 is 0 Å². The van der Waals surface area contributed by atoms with Crippen LogP contribution in [0.15, 0.2) is 0 Å². The summed E-state index contributed by atoms with van der Waals surface area (Å²) in [4.78, 5) is 17.1. The molecule has 134 valence electrons. The van der Waals surface area contributed by atoms with Crippen LogP contribution in [0.1, 0.15) is 39.5 Å². The molecule has 2 N–H and O–H groups in total. The Morgan fingerprint density at radius 2 is 1.83 bits per heavy atom. The molecule has 2 saturated heterocycles. The molecule has 0 aromatic rings. The number of piperidine rings is 1. The number of hydrogen-bond donors (Lipinski definition) is 2. The quantitative estimate of drug-likeness (QED) is 0.658. The molecule has 0 aliphatic carbocycles. The predicted molar refractivity (Wildman–Crippen MR) is 95.6 cm³/mol. The van der Waals surface area contributed by atoms with Gasteiger partial charge in [-0.15, -0.1) is 0 Å². The van der Waals surface area contributed by atoms with Crippen LogP contribution < -0.4 is 10.6 Å². The molecule has 1 amide bonds. The Hall–Kier alpha value is -0.650. The van der Waals surface area contributed by atoms with E-state index in [0.29, 0.717) is 12.3 Å². The highest BCUT2D eigenvalue weighted by molar-refractivity contribution is 5.76. The lowest BCUT2D eigenvalue weighted by Gasteiger charge is -2.34. The van der Waals surface area contributed by atoms with Crippen LogP contribution in [0.4, 0.5) is 0 Å². The molecule has 0 bridgehead atoms. The first-order valence-electron chi connectivity index (χ1n) is 9.61. The Bertz CT molecular complexity index is 336. The standard InChI is InChI=1S/C18H36N4O/c1-3-21-11-13-22(14-12-21)10-4-7-20-18(23)15-16(2)17-5-8-19-9-6-17/h16-17,19H,3-15H2,1-2H3,(H,20,23). The molecule has 0 aromatic carbocycles. The third-order valence-electron chi connectivity index (χ3n) is 5.58. The molecule has 2 aliphatic heterocycles. The number of hydrogen-bond acceptors (Lipinski definition) is 4. The van der Waals surface area contributed by atoms with Gasteiger partial charge in [-0.05, 0) is 57.3 Å². The molecule has 2 fully saturated rings. The van der Waals surface area contributed by atoms with Crippen LogP contribution in [-0.4, -0.2) is 74.6 Å². The van der Waals surface area contributed by atoms with Crippen molar-refractivity contribution in [3.8, 4) is 0 Å². The summed E-state index contributed by atoms with van der Waals surface area (Å²) < 4.78 is 0. The normalized spacial score (nSPS) is 22.9. The fraction of sp³-hybridized carbons (Fsp3) is 0.944. The topological polar surface area (TPSA) is 47.6 Å². The van der Waals surface area contributed by atoms with Gasteiger partial charge in [-0.25, -0.2) is 0 Å². The molecule has 0 spiro atoms. The molecule has 2 rings (SSSR count). The SMILES string of the molecule is CCN1CCN(CCCNC(=O)CC(C)C2CCNCC2)CC1. The van der Waals surface area contributed by atoms with Crippen LogP contribution in [0.5, 0.6) is 0 Å². The van der Waals surface area contributed by atoms with Gasteiger partial charge in [0.1, 0.15) is 0 Å². The molecule has 0 aromatic heterocycles. The fourth-order valence-electron chi connectivity index (χ4n) is 3.80. The van der Waals surface area contributed by atoms with Crippen LogP contribution in [0.2, 0.25) is 0 Å². The van der Waals surface area contributed by atoms with Crippen LogP contribution in [0, 0.1) is 11.8 Å². The molecular formula is C18H36N4O. The number of nitrogens with one attached hydrogen (secondary N) is 2. The minimum absolute atomic E-state index is 0.242. The Morgan fingerprint density at radius 1 is 1.17 bits per heavy atom. The van der Waals surface area contributed by atoms with E-state index in [1.165, 1.54) is 45.6 Å². The average molecular weight is 325 g/mol. The summed E-state index contributed by atoms with van der Waals surface area (Å²) in [6, 6.07) is 0. The molecule has 5 heteroatoms. The van der Waals surface area contributed by atoms with E-state index in [1.54, 1.807) is 0 Å². The number of rotatable bonds is 8. The highest BCUT2D eigenvalue weighted by atomic mass is 16.1. The van der Waals surface area contributed by atoms with Crippen molar-refractivity contribution in [1.82, 2.24) is 20.4 Å². The van der Waals surface area contributed by atoms with Crippen molar-refractivity contribution in [2.75, 3.05) is 58.9 Å². The van der Waals surface area contributed by atoms with Crippen molar-refractivity contribution in [3.05, 3.63) is 0 Å². The second-order valence-corrected chi connectivity index (χ2v) is 7.25. The summed E-state index contributed by atoms with van der Waals surface area (Å²) in [6.45, 7) is 14.5. The highest BCUT2D eigenvalue weighted by Gasteiger charge is 2.21. The Balaban J connectivity index is 1.51. The van der Waals surface area contributed by atoms with Gasteiger partial charge in [0, 0.05) is 39.1 Å². The summed E-state index contributed by atoms with van der Waals surface area (Å²) in [6.07, 6.45) is 4.20. The van der Waals surface area contributed by atoms with Gasteiger partial charge >= 0.3 is 0 Å². The van der Waals surface area contributed by atoms with Gasteiger partial charge in [0.15, 0.2) is 0 Å². The van der Waals surface area contributed by atoms with Gasteiger partial charge in [0.25, 0.3) is 0 Å². The second kappa shape index (κ2) is 10.3. The Kier molecular flexibility index (Phi) is 8.34. The van der Waals surface area contributed by atoms with Gasteiger partial charge in [0.05, 0.1) is 0 Å². The van der Waals surface area contributed by atoms with Crippen molar-refractivity contribution in [3.63, 3.8) is 0 Å². The molecule has 5 nitrogen and oxygen atoms in total. The van der Waals surface area contributed by atoms with Crippen molar-refractivity contribution in [2.24, 2.45) is 11.8 Å². The number of carbonyl (C=O) groups is 1. The summed E-state index contributed by atoms with van der Waals surface area (Å²) in [5.41, 5.74) is 0. The average Bonchev–Trinajstić information content (AvgIpc) is 2.60. The smallest absolute Gasteiger partial charge is 0.220 e. The van der Waals surface area contributed by atoms with E-state index >= 15 is 0 Å². The molecule has 1 unspecified atom stereocenters. The highest BCUT2D eigenvalue weighted by Crippen LogP contribution is 2.24. The third-order valence-corrected chi connectivity index (χ3v) is 5.58. The third kappa shape index (κ3) is 6.77. The summed E-state index contributed by atoms with van der Waals surface area (Å²) >= 11 is 0. The lowest BCUT2D eigenvalue weighted by atomic mass is 9.84. The van der Waals surface area contributed by atoms with Gasteiger partial charge in [-0.1, -0.05) is 13.8 Å². The van der Waals surface area contributed by atoms with Gasteiger partial charge < -0.3 is 20.4 Å². The minimum atomic E-state index is 0.242. The first kappa shape index (κ1) is 18.7. The number of nitrogens with zero attached hydrogens (tertiary/aromatic N) is 2. The number of piperazine rings is 1. The van der Waals surface area contributed by atoms with Gasteiger partial charge in [-0.3, -0.25) is 4.79 Å². The summed E-state index contributed by atoms with van der Waals surface area (Å²) in [5.74, 6) is 1.47. The molecule has 2 aliphatic rings. The zero-order valence-corrected chi connectivity index (χ0v) is 15.1. The van der Waals surface area contributed by atoms with Crippen molar-refractivity contribution < 1.29 is 4.79 Å². The van der Waals surface area contributed by atoms with Crippen LogP contribution >= 0.6 is 0 Å². The van der Waals surface area contributed by atoms with Crippen LogP contribution in [0.3, 0.4) is 0 Å². The molecule has 23 heavy (non-hydrogen) atoms. The molecule has 0 saturated carbocycles. The van der Waals surface area contributed by atoms with E-state index in [-0.39, 0.29) is 5.91 Å². The monoisotopic (exact) mass is 324 g/mol. The van der Waals surface area contributed by atoms with Crippen molar-refractivity contribution in [2.45, 2.75) is 39.5 Å². The van der Waals surface area contributed by atoms with Crippen LogP contribution in [-0.2, 0) is 4.79 Å². The van der Waals surface area contributed by atoms with Gasteiger partial charge in [0.2, 0.25) is 5.91 Å². The fourth-order valence-corrected chi connectivity index (χ4v) is 3.80. The number of carbonyl (C=O) groups excluding carboxylic acids is 1. The van der Waals surface area contributed by atoms with E-state index in [0.717, 1.165) is 38.5 Å². The van der Waals surface area contributed by atoms with Crippen LogP contribution in [0.25, 0.3) is 0 Å². The first-order valence-corrected chi connectivity index (χ1v) is 9.61. The second-order valence-electron chi connectivity index (χ2n) is 7.25. The zero-order valence-electron chi connectivity index (χ0n) is 15.1. The first-order chi connectivity index (χ1) is 11.2. The lowest BCUT2D eigenvalue weighted by molar-refractivity contribution is -0.122. The molecular weight excluding hydrogens is 288 g/mol. The maximum absolute atomic E-state index is 12.1. The van der Waals surface area contributed by atoms with E-state index in [2.05, 4.69) is 34.3 Å². The van der Waals surface area contributed by atoms with E-state index in [4.69, 9.17) is 0 Å². The summed E-state index contributed by atoms with van der Waals surface area (Å²) in [5, 5.41) is 6.51. The maximum atomic E-state index is 12.1. The summed E-state index contributed by atoms with van der Waals surface area (Å²) in [7, 11) is 0. The zero-order chi connectivity index (χ0) is 16.5. The van der Waals surface area contributed by atoms with Gasteiger partial charge in [-0.2, -0.15) is 0 Å². The van der Waals surface area contributed by atoms with E-state index in [9.17, 15) is 4.79 Å². The molecule has 2 heterocycles. The minimum Gasteiger partial charge on any atom is -0.356 e. The van der Waals surface area contributed by atoms with Crippen molar-refractivity contribution in [1.29, 1.82) is 0 Å².